The zero-order valence-corrected chi connectivity index (χ0v) is 7.67. The van der Waals surface area contributed by atoms with Gasteiger partial charge in [0.05, 0.1) is 6.61 Å². The molecule has 72 valence electrons. The lowest BCUT2D eigenvalue weighted by Gasteiger charge is -2.05. The van der Waals surface area contributed by atoms with Crippen LogP contribution in [0.2, 0.25) is 0 Å². The van der Waals surface area contributed by atoms with Crippen LogP contribution in [0.5, 0.6) is 0 Å². The number of carbonyl (C=O) groups is 1. The van der Waals surface area contributed by atoms with Gasteiger partial charge in [-0.15, -0.1) is 0 Å². The van der Waals surface area contributed by atoms with E-state index >= 15 is 0 Å². The average molecular weight is 175 g/mol. The maximum atomic E-state index is 9.97. The first kappa shape index (κ1) is 11.2. The average Bonchev–Trinajstić information content (AvgIpc) is 1.95. The molecule has 0 aromatic carbocycles. The van der Waals surface area contributed by atoms with Crippen LogP contribution in [0.4, 0.5) is 4.79 Å². The predicted octanol–water partition coefficient (Wildman–Crippen LogP) is 1.32. The largest absolute Gasteiger partial charge is 0.465 e. The van der Waals surface area contributed by atoms with Crippen LogP contribution in [0, 0.1) is 5.92 Å². The zero-order chi connectivity index (χ0) is 9.40. The summed E-state index contributed by atoms with van der Waals surface area (Å²) in [4.78, 5) is 9.97. The Bertz CT molecular complexity index is 125. The molecule has 0 saturated heterocycles. The first-order chi connectivity index (χ1) is 5.63. The number of nitrogens with one attached hydrogen (secondary N) is 1. The van der Waals surface area contributed by atoms with Crippen LogP contribution >= 0.6 is 0 Å². The van der Waals surface area contributed by atoms with E-state index in [1.165, 1.54) is 0 Å². The molecule has 0 unspecified atom stereocenters. The maximum Gasteiger partial charge on any atom is 0.404 e. The predicted molar refractivity (Wildman–Crippen MR) is 46.3 cm³/mol. The number of ether oxygens (including phenoxy) is 1. The second kappa shape index (κ2) is 6.91. The lowest BCUT2D eigenvalue weighted by Crippen LogP contribution is -2.25. The van der Waals surface area contributed by atoms with Crippen LogP contribution < -0.4 is 5.32 Å². The molecule has 0 aliphatic heterocycles. The van der Waals surface area contributed by atoms with E-state index in [1.54, 1.807) is 0 Å². The lowest BCUT2D eigenvalue weighted by atomic mass is 10.1. The highest BCUT2D eigenvalue weighted by molar-refractivity contribution is 5.64. The van der Waals surface area contributed by atoms with Gasteiger partial charge in [0.15, 0.2) is 0 Å². The van der Waals surface area contributed by atoms with E-state index in [0.717, 1.165) is 6.42 Å². The first-order valence-electron chi connectivity index (χ1n) is 4.17. The third-order valence-electron chi connectivity index (χ3n) is 1.36. The molecule has 1 amide bonds. The second-order valence-electron chi connectivity index (χ2n) is 3.03. The van der Waals surface area contributed by atoms with E-state index in [2.05, 4.69) is 19.2 Å². The Kier molecular flexibility index (Phi) is 6.47. The summed E-state index contributed by atoms with van der Waals surface area (Å²) < 4.78 is 5.17. The van der Waals surface area contributed by atoms with Crippen LogP contribution in [0.15, 0.2) is 0 Å². The SMILES string of the molecule is CC(C)CCOCCNC(=O)O. The van der Waals surface area contributed by atoms with Crippen molar-refractivity contribution in [1.29, 1.82) is 0 Å². The molecule has 0 spiro atoms. The fraction of sp³-hybridized carbons (Fsp3) is 0.875. The lowest BCUT2D eigenvalue weighted by molar-refractivity contribution is 0.123. The Hall–Kier alpha value is -0.770. The standard InChI is InChI=1S/C8H17NO3/c1-7(2)3-5-12-6-4-9-8(10)11/h7,9H,3-6H2,1-2H3,(H,10,11). The Morgan fingerprint density at radius 3 is 2.67 bits per heavy atom. The van der Waals surface area contributed by atoms with Gasteiger partial charge in [-0.05, 0) is 12.3 Å². The third-order valence-corrected chi connectivity index (χ3v) is 1.36. The molecule has 0 atom stereocenters. The van der Waals surface area contributed by atoms with Gasteiger partial charge in [0.2, 0.25) is 0 Å². The monoisotopic (exact) mass is 175 g/mol. The first-order valence-corrected chi connectivity index (χ1v) is 4.17. The normalized spacial score (nSPS) is 10.2. The molecule has 0 bridgehead atoms. The molecule has 0 aromatic heterocycles. The molecule has 0 fully saturated rings. The minimum Gasteiger partial charge on any atom is -0.465 e. The second-order valence-corrected chi connectivity index (χ2v) is 3.03. The zero-order valence-electron chi connectivity index (χ0n) is 7.67. The fourth-order valence-electron chi connectivity index (χ4n) is 0.651. The summed E-state index contributed by atoms with van der Waals surface area (Å²) in [5.74, 6) is 0.637. The summed E-state index contributed by atoms with van der Waals surface area (Å²) in [6.07, 6.45) is 0.0232. The van der Waals surface area contributed by atoms with E-state index in [1.807, 2.05) is 0 Å². The highest BCUT2D eigenvalue weighted by Gasteiger charge is 1.95. The highest BCUT2D eigenvalue weighted by atomic mass is 16.5. The van der Waals surface area contributed by atoms with Crippen LogP contribution in [0.1, 0.15) is 20.3 Å². The summed E-state index contributed by atoms with van der Waals surface area (Å²) in [6.45, 7) is 5.78. The summed E-state index contributed by atoms with van der Waals surface area (Å²) in [7, 11) is 0. The number of rotatable bonds is 6. The van der Waals surface area contributed by atoms with E-state index in [4.69, 9.17) is 9.84 Å². The van der Waals surface area contributed by atoms with Gasteiger partial charge in [-0.3, -0.25) is 0 Å². The highest BCUT2D eigenvalue weighted by Crippen LogP contribution is 1.97. The molecule has 4 nitrogen and oxygen atoms in total. The quantitative estimate of drug-likeness (QED) is 0.598. The molecule has 0 aliphatic rings. The van der Waals surface area contributed by atoms with E-state index in [9.17, 15) is 4.79 Å². The van der Waals surface area contributed by atoms with Gasteiger partial charge < -0.3 is 15.2 Å². The summed E-state index contributed by atoms with van der Waals surface area (Å²) in [5.41, 5.74) is 0. The molecule has 0 saturated carbocycles. The van der Waals surface area contributed by atoms with Gasteiger partial charge in [-0.2, -0.15) is 0 Å². The van der Waals surface area contributed by atoms with Gasteiger partial charge in [0.1, 0.15) is 0 Å². The van der Waals surface area contributed by atoms with Crippen molar-refractivity contribution in [3.05, 3.63) is 0 Å². The molecule has 2 N–H and O–H groups in total. The Morgan fingerprint density at radius 1 is 1.50 bits per heavy atom. The van der Waals surface area contributed by atoms with Crippen LogP contribution in [0.3, 0.4) is 0 Å². The van der Waals surface area contributed by atoms with Gasteiger partial charge in [0.25, 0.3) is 0 Å². The number of amides is 1. The number of hydrogen-bond donors (Lipinski definition) is 2. The van der Waals surface area contributed by atoms with Crippen molar-refractivity contribution in [2.24, 2.45) is 5.92 Å². The Morgan fingerprint density at radius 2 is 2.17 bits per heavy atom. The number of carboxylic acid groups (broad SMARTS) is 1. The smallest absolute Gasteiger partial charge is 0.404 e. The van der Waals surface area contributed by atoms with Crippen LogP contribution in [0.25, 0.3) is 0 Å². The van der Waals surface area contributed by atoms with Crippen molar-refractivity contribution in [3.8, 4) is 0 Å². The van der Waals surface area contributed by atoms with Crippen LogP contribution in [-0.4, -0.2) is 31.0 Å². The summed E-state index contributed by atoms with van der Waals surface area (Å²) in [6, 6.07) is 0. The van der Waals surface area contributed by atoms with Crippen molar-refractivity contribution in [2.75, 3.05) is 19.8 Å². The molecule has 0 heterocycles. The maximum absolute atomic E-state index is 9.97. The Balaban J connectivity index is 2.96. The molecule has 4 heteroatoms. The van der Waals surface area contributed by atoms with Crippen molar-refractivity contribution in [1.82, 2.24) is 5.32 Å². The van der Waals surface area contributed by atoms with Crippen molar-refractivity contribution in [2.45, 2.75) is 20.3 Å². The summed E-state index contributed by atoms with van der Waals surface area (Å²) >= 11 is 0. The van der Waals surface area contributed by atoms with Gasteiger partial charge in [-0.25, -0.2) is 4.79 Å². The fourth-order valence-corrected chi connectivity index (χ4v) is 0.651. The van der Waals surface area contributed by atoms with E-state index in [0.29, 0.717) is 25.7 Å². The molecule has 0 radical (unpaired) electrons. The minimum absolute atomic E-state index is 0.368. The van der Waals surface area contributed by atoms with Crippen LogP contribution in [-0.2, 0) is 4.74 Å². The molecular weight excluding hydrogens is 158 g/mol. The third kappa shape index (κ3) is 9.23. The van der Waals surface area contributed by atoms with Gasteiger partial charge in [-0.1, -0.05) is 13.8 Å². The number of hydrogen-bond acceptors (Lipinski definition) is 2. The molecule has 0 rings (SSSR count). The van der Waals surface area contributed by atoms with Crippen molar-refractivity contribution < 1.29 is 14.6 Å². The molecule has 0 aliphatic carbocycles. The van der Waals surface area contributed by atoms with Crippen molar-refractivity contribution >= 4 is 6.09 Å². The summed E-state index contributed by atoms with van der Waals surface area (Å²) in [5, 5.41) is 10.4. The topological polar surface area (TPSA) is 58.6 Å². The molecule has 12 heavy (non-hydrogen) atoms. The van der Waals surface area contributed by atoms with Gasteiger partial charge >= 0.3 is 6.09 Å². The molecule has 0 aromatic rings. The van der Waals surface area contributed by atoms with E-state index in [-0.39, 0.29) is 0 Å². The minimum atomic E-state index is -0.998. The van der Waals surface area contributed by atoms with E-state index < -0.39 is 6.09 Å². The van der Waals surface area contributed by atoms with Gasteiger partial charge in [0, 0.05) is 13.2 Å². The van der Waals surface area contributed by atoms with Crippen molar-refractivity contribution in [3.63, 3.8) is 0 Å². The molecular formula is C8H17NO3. The Labute approximate surface area is 72.9 Å².